The molecule has 0 saturated heterocycles. The van der Waals surface area contributed by atoms with Crippen LogP contribution < -0.4 is 29.1 Å². The van der Waals surface area contributed by atoms with Crippen LogP contribution in [0.2, 0.25) is 0 Å². The Balaban J connectivity index is 1.66. The Morgan fingerprint density at radius 2 is 1.91 bits per heavy atom. The Hall–Kier alpha value is -3.85. The lowest BCUT2D eigenvalue weighted by Crippen LogP contribution is -2.39. The van der Waals surface area contributed by atoms with Crippen molar-refractivity contribution in [3.63, 3.8) is 0 Å². The summed E-state index contributed by atoms with van der Waals surface area (Å²) in [4.78, 5) is 31.8. The third-order valence-electron chi connectivity index (χ3n) is 5.72. The number of allylic oxidation sites excluding steroid dienone is 1. The monoisotopic (exact) mass is 492 g/mol. The second-order valence-electron chi connectivity index (χ2n) is 7.92. The standard InChI is InChI=1S/C26H24N2O6S/c1-4-31-18-9-6-16(7-10-18)12-21-24(29)28-23(17-8-11-19-20(13-17)34-14-33-19)22(25(30)32-5-2)15(3)27-26(28)35-21/h6-13,23H,4-5,14H2,1-3H3/b21-12+/t23-/m1/s1. The van der Waals surface area contributed by atoms with Crippen molar-refractivity contribution in [3.05, 3.63) is 84.5 Å². The van der Waals surface area contributed by atoms with Gasteiger partial charge in [-0.15, -0.1) is 0 Å². The molecule has 0 aliphatic carbocycles. The number of thiazole rings is 1. The molecule has 2 aliphatic rings. The minimum atomic E-state index is -0.706. The van der Waals surface area contributed by atoms with E-state index in [0.717, 1.165) is 11.3 Å². The number of fused-ring (bicyclic) bond motifs is 2. The molecular weight excluding hydrogens is 468 g/mol. The maximum Gasteiger partial charge on any atom is 0.338 e. The Labute approximate surface area is 205 Å². The van der Waals surface area contributed by atoms with E-state index in [1.165, 1.54) is 11.3 Å². The summed E-state index contributed by atoms with van der Waals surface area (Å²) in [7, 11) is 0. The van der Waals surface area contributed by atoms with Gasteiger partial charge < -0.3 is 18.9 Å². The van der Waals surface area contributed by atoms with Crippen LogP contribution in [0.5, 0.6) is 17.2 Å². The highest BCUT2D eigenvalue weighted by Gasteiger charge is 2.34. The Bertz CT molecular complexity index is 1500. The lowest BCUT2D eigenvalue weighted by atomic mass is 9.95. The summed E-state index contributed by atoms with van der Waals surface area (Å²) in [5, 5.41) is 0. The van der Waals surface area contributed by atoms with Gasteiger partial charge in [-0.05, 0) is 62.2 Å². The lowest BCUT2D eigenvalue weighted by Gasteiger charge is -2.24. The van der Waals surface area contributed by atoms with Crippen LogP contribution in [0, 0.1) is 0 Å². The SMILES string of the molecule is CCOC(=O)C1=C(C)N=c2s/c(=C/c3ccc(OCC)cc3)c(=O)n2[C@@H]1c1ccc2c(c1)OCO2. The summed E-state index contributed by atoms with van der Waals surface area (Å²) in [6.45, 7) is 6.36. The zero-order chi connectivity index (χ0) is 24.5. The third-order valence-corrected chi connectivity index (χ3v) is 6.70. The second-order valence-corrected chi connectivity index (χ2v) is 8.93. The number of carbonyl (C=O) groups is 1. The van der Waals surface area contributed by atoms with E-state index < -0.39 is 12.0 Å². The van der Waals surface area contributed by atoms with Gasteiger partial charge in [0.2, 0.25) is 6.79 Å². The molecule has 0 saturated carbocycles. The molecule has 0 spiro atoms. The number of nitrogens with zero attached hydrogens (tertiary/aromatic N) is 2. The molecular formula is C26H24N2O6S. The van der Waals surface area contributed by atoms with Crippen molar-refractivity contribution in [3.8, 4) is 17.2 Å². The van der Waals surface area contributed by atoms with Crippen LogP contribution >= 0.6 is 11.3 Å². The van der Waals surface area contributed by atoms with Crippen molar-refractivity contribution in [2.75, 3.05) is 20.0 Å². The zero-order valence-electron chi connectivity index (χ0n) is 19.6. The van der Waals surface area contributed by atoms with Gasteiger partial charge in [-0.25, -0.2) is 9.79 Å². The third kappa shape index (κ3) is 4.23. The number of hydrogen-bond donors (Lipinski definition) is 0. The van der Waals surface area contributed by atoms with E-state index >= 15 is 0 Å². The Morgan fingerprint density at radius 1 is 1.14 bits per heavy atom. The predicted octanol–water partition coefficient (Wildman–Crippen LogP) is 2.93. The molecule has 0 amide bonds. The number of benzene rings is 2. The van der Waals surface area contributed by atoms with Gasteiger partial charge in [0, 0.05) is 0 Å². The lowest BCUT2D eigenvalue weighted by molar-refractivity contribution is -0.139. The van der Waals surface area contributed by atoms with Crippen LogP contribution in [-0.2, 0) is 9.53 Å². The molecule has 1 atom stereocenters. The smallest absolute Gasteiger partial charge is 0.338 e. The molecule has 9 heteroatoms. The molecule has 0 bridgehead atoms. The molecule has 0 radical (unpaired) electrons. The normalized spacial score (nSPS) is 16.7. The molecule has 5 rings (SSSR count). The van der Waals surface area contributed by atoms with Crippen molar-refractivity contribution in [1.82, 2.24) is 4.57 Å². The molecule has 0 fully saturated rings. The van der Waals surface area contributed by atoms with Gasteiger partial charge in [0.15, 0.2) is 16.3 Å². The van der Waals surface area contributed by atoms with E-state index in [1.54, 1.807) is 30.5 Å². The van der Waals surface area contributed by atoms with Crippen LogP contribution in [0.25, 0.3) is 6.08 Å². The maximum atomic E-state index is 13.7. The topological polar surface area (TPSA) is 88.4 Å². The van der Waals surface area contributed by atoms with Crippen molar-refractivity contribution in [1.29, 1.82) is 0 Å². The van der Waals surface area contributed by atoms with Crippen molar-refractivity contribution in [2.24, 2.45) is 4.99 Å². The van der Waals surface area contributed by atoms with E-state index in [0.29, 0.717) is 44.3 Å². The van der Waals surface area contributed by atoms with E-state index in [2.05, 4.69) is 4.99 Å². The highest BCUT2D eigenvalue weighted by atomic mass is 32.1. The van der Waals surface area contributed by atoms with E-state index in [9.17, 15) is 9.59 Å². The fourth-order valence-electron chi connectivity index (χ4n) is 4.17. The maximum absolute atomic E-state index is 13.7. The van der Waals surface area contributed by atoms with Crippen LogP contribution in [0.1, 0.15) is 37.9 Å². The largest absolute Gasteiger partial charge is 0.494 e. The zero-order valence-corrected chi connectivity index (χ0v) is 20.4. The Kier molecular flexibility index (Phi) is 6.17. The van der Waals surface area contributed by atoms with Crippen molar-refractivity contribution >= 4 is 23.4 Å². The first kappa shape index (κ1) is 22.9. The first-order valence-corrected chi connectivity index (χ1v) is 12.1. The molecule has 2 aliphatic heterocycles. The van der Waals surface area contributed by atoms with Crippen LogP contribution in [0.3, 0.4) is 0 Å². The van der Waals surface area contributed by atoms with Gasteiger partial charge in [-0.2, -0.15) is 0 Å². The molecule has 8 nitrogen and oxygen atoms in total. The number of rotatable bonds is 6. The Morgan fingerprint density at radius 3 is 2.66 bits per heavy atom. The summed E-state index contributed by atoms with van der Waals surface area (Å²) >= 11 is 1.28. The van der Waals surface area contributed by atoms with Gasteiger partial charge in [-0.1, -0.05) is 29.5 Å². The number of ether oxygens (including phenoxy) is 4. The van der Waals surface area contributed by atoms with Gasteiger partial charge in [0.1, 0.15) is 5.75 Å². The van der Waals surface area contributed by atoms with Crippen molar-refractivity contribution in [2.45, 2.75) is 26.8 Å². The number of aromatic nitrogens is 1. The molecule has 3 heterocycles. The molecule has 35 heavy (non-hydrogen) atoms. The van der Waals surface area contributed by atoms with Gasteiger partial charge in [0.25, 0.3) is 5.56 Å². The minimum Gasteiger partial charge on any atom is -0.494 e. The number of esters is 1. The van der Waals surface area contributed by atoms with Gasteiger partial charge in [-0.3, -0.25) is 9.36 Å². The molecule has 180 valence electrons. The van der Waals surface area contributed by atoms with E-state index in [1.807, 2.05) is 43.3 Å². The first-order chi connectivity index (χ1) is 17.0. The highest BCUT2D eigenvalue weighted by Crippen LogP contribution is 2.38. The average molecular weight is 493 g/mol. The van der Waals surface area contributed by atoms with E-state index in [-0.39, 0.29) is 19.0 Å². The fourth-order valence-corrected chi connectivity index (χ4v) is 5.22. The molecule has 0 N–H and O–H groups in total. The summed E-state index contributed by atoms with van der Waals surface area (Å²) in [6.07, 6.45) is 1.82. The summed E-state index contributed by atoms with van der Waals surface area (Å²) in [5.41, 5.74) is 2.17. The first-order valence-electron chi connectivity index (χ1n) is 11.3. The molecule has 1 aromatic heterocycles. The average Bonchev–Trinajstić information content (AvgIpc) is 3.43. The van der Waals surface area contributed by atoms with Crippen LogP contribution in [-0.4, -0.2) is 30.5 Å². The molecule has 3 aromatic rings. The number of carbonyl (C=O) groups excluding carboxylic acids is 1. The van der Waals surface area contributed by atoms with Crippen LogP contribution in [0.4, 0.5) is 0 Å². The van der Waals surface area contributed by atoms with Crippen LogP contribution in [0.15, 0.2) is 63.5 Å². The molecule has 0 unspecified atom stereocenters. The quantitative estimate of drug-likeness (QED) is 0.492. The summed E-state index contributed by atoms with van der Waals surface area (Å²) in [5.74, 6) is 1.45. The van der Waals surface area contributed by atoms with Gasteiger partial charge in [0.05, 0.1) is 35.1 Å². The van der Waals surface area contributed by atoms with E-state index in [4.69, 9.17) is 18.9 Å². The highest BCUT2D eigenvalue weighted by molar-refractivity contribution is 7.07. The minimum absolute atomic E-state index is 0.128. The second kappa shape index (κ2) is 9.42. The summed E-state index contributed by atoms with van der Waals surface area (Å²) < 4.78 is 23.9. The van der Waals surface area contributed by atoms with Crippen molar-refractivity contribution < 1.29 is 23.7 Å². The van der Waals surface area contributed by atoms with Gasteiger partial charge >= 0.3 is 5.97 Å². The number of hydrogen-bond acceptors (Lipinski definition) is 8. The predicted molar refractivity (Wildman–Crippen MR) is 131 cm³/mol. The fraction of sp³-hybridized carbons (Fsp3) is 0.269. The summed E-state index contributed by atoms with van der Waals surface area (Å²) in [6, 6.07) is 12.2. The molecule has 2 aromatic carbocycles.